The lowest BCUT2D eigenvalue weighted by atomic mass is 10.0. The molecule has 25 heavy (non-hydrogen) atoms. The van der Waals surface area contributed by atoms with E-state index in [2.05, 4.69) is 10.6 Å². The fourth-order valence-electron chi connectivity index (χ4n) is 2.30. The predicted octanol–water partition coefficient (Wildman–Crippen LogP) is 2.37. The Morgan fingerprint density at radius 1 is 1.08 bits per heavy atom. The van der Waals surface area contributed by atoms with Crippen LogP contribution in [-0.2, 0) is 11.2 Å². The molecule has 2 rings (SSSR count). The summed E-state index contributed by atoms with van der Waals surface area (Å²) in [5, 5.41) is 7.57. The number of nitrogens with one attached hydrogen (secondary N) is 2. The van der Waals surface area contributed by atoms with Crippen LogP contribution in [0.2, 0.25) is 0 Å². The molecule has 0 saturated carbocycles. The van der Waals surface area contributed by atoms with Crippen LogP contribution in [0.1, 0.15) is 28.1 Å². The molecule has 2 amide bonds. The Hall–Kier alpha value is -1.89. The third-order valence-electron chi connectivity index (χ3n) is 3.58. The maximum absolute atomic E-state index is 12.5. The summed E-state index contributed by atoms with van der Waals surface area (Å²) < 4.78 is 0. The maximum atomic E-state index is 12.5. The fourth-order valence-corrected chi connectivity index (χ4v) is 2.93. The number of thiophene rings is 1. The summed E-state index contributed by atoms with van der Waals surface area (Å²) in [6, 6.07) is 12.6. The van der Waals surface area contributed by atoms with E-state index in [0.717, 1.165) is 18.4 Å². The van der Waals surface area contributed by atoms with E-state index in [-0.39, 0.29) is 24.2 Å². The number of carbonyl (C=O) groups is 2. The molecule has 4 N–H and O–H groups in total. The average molecular weight is 382 g/mol. The summed E-state index contributed by atoms with van der Waals surface area (Å²) in [6.45, 7) is 1.18. The Balaban J connectivity index is 0.00000312. The number of halogens is 1. The molecule has 0 saturated heterocycles. The summed E-state index contributed by atoms with van der Waals surface area (Å²) in [7, 11) is 0. The van der Waals surface area contributed by atoms with Gasteiger partial charge in [-0.15, -0.1) is 23.7 Å². The minimum absolute atomic E-state index is 0. The molecule has 1 atom stereocenters. The van der Waals surface area contributed by atoms with Gasteiger partial charge in [0.15, 0.2) is 0 Å². The number of hydrogen-bond acceptors (Lipinski definition) is 4. The average Bonchev–Trinajstić information content (AvgIpc) is 3.13. The molecule has 0 aliphatic carbocycles. The summed E-state index contributed by atoms with van der Waals surface area (Å²) in [5.41, 5.74) is 6.46. The third kappa shape index (κ3) is 7.25. The van der Waals surface area contributed by atoms with Crippen molar-refractivity contribution in [1.29, 1.82) is 0 Å². The number of benzene rings is 1. The molecule has 1 aromatic heterocycles. The van der Waals surface area contributed by atoms with Crippen LogP contribution < -0.4 is 16.4 Å². The van der Waals surface area contributed by atoms with Crippen molar-refractivity contribution in [2.75, 3.05) is 13.1 Å². The molecule has 1 unspecified atom stereocenters. The summed E-state index contributed by atoms with van der Waals surface area (Å²) >= 11 is 1.36. The van der Waals surface area contributed by atoms with Crippen LogP contribution in [0.25, 0.3) is 0 Å². The van der Waals surface area contributed by atoms with Gasteiger partial charge in [0.2, 0.25) is 5.91 Å². The van der Waals surface area contributed by atoms with Gasteiger partial charge in [-0.25, -0.2) is 0 Å². The number of hydrogen-bond donors (Lipinski definition) is 3. The molecule has 0 fully saturated rings. The van der Waals surface area contributed by atoms with Gasteiger partial charge >= 0.3 is 0 Å². The van der Waals surface area contributed by atoms with Crippen LogP contribution >= 0.6 is 23.7 Å². The van der Waals surface area contributed by atoms with Gasteiger partial charge in [0.1, 0.15) is 6.04 Å². The fraction of sp³-hybridized carbons (Fsp3) is 0.333. The SMILES string of the molecule is Cl.NCCCCNC(=O)C(Cc1ccccc1)NC(=O)c1cccs1. The summed E-state index contributed by atoms with van der Waals surface area (Å²) in [4.78, 5) is 25.4. The van der Waals surface area contributed by atoms with Gasteiger partial charge in [-0.2, -0.15) is 0 Å². The Bertz CT molecular complexity index is 635. The third-order valence-corrected chi connectivity index (χ3v) is 4.45. The molecule has 5 nitrogen and oxygen atoms in total. The maximum Gasteiger partial charge on any atom is 0.262 e. The minimum Gasteiger partial charge on any atom is -0.354 e. The van der Waals surface area contributed by atoms with Gasteiger partial charge < -0.3 is 16.4 Å². The first-order valence-corrected chi connectivity index (χ1v) is 8.94. The van der Waals surface area contributed by atoms with E-state index in [0.29, 0.717) is 24.4 Å². The summed E-state index contributed by atoms with van der Waals surface area (Å²) in [6.07, 6.45) is 2.16. The second kappa shape index (κ2) is 11.6. The standard InChI is InChI=1S/C18H23N3O2S.ClH/c19-10-4-5-11-20-17(22)15(13-14-7-2-1-3-8-14)21-18(23)16-9-6-12-24-16;/h1-3,6-9,12,15H,4-5,10-11,13,19H2,(H,20,22)(H,21,23);1H. The molecule has 2 aromatic rings. The molecule has 0 aliphatic rings. The first-order chi connectivity index (χ1) is 11.7. The lowest BCUT2D eigenvalue weighted by molar-refractivity contribution is -0.122. The normalized spacial score (nSPS) is 11.2. The van der Waals surface area contributed by atoms with Crippen molar-refractivity contribution in [2.45, 2.75) is 25.3 Å². The van der Waals surface area contributed by atoms with Crippen molar-refractivity contribution in [2.24, 2.45) is 5.73 Å². The lowest BCUT2D eigenvalue weighted by Crippen LogP contribution is -2.48. The van der Waals surface area contributed by atoms with Gasteiger partial charge in [0.05, 0.1) is 4.88 Å². The van der Waals surface area contributed by atoms with E-state index < -0.39 is 6.04 Å². The van der Waals surface area contributed by atoms with Gasteiger partial charge in [-0.05, 0) is 36.4 Å². The number of unbranched alkanes of at least 4 members (excludes halogenated alkanes) is 1. The Kier molecular flexibility index (Phi) is 9.84. The Morgan fingerprint density at radius 3 is 2.48 bits per heavy atom. The predicted molar refractivity (Wildman–Crippen MR) is 104 cm³/mol. The van der Waals surface area contributed by atoms with Crippen molar-refractivity contribution < 1.29 is 9.59 Å². The zero-order valence-electron chi connectivity index (χ0n) is 13.9. The number of carbonyl (C=O) groups excluding carboxylic acids is 2. The zero-order chi connectivity index (χ0) is 17.2. The van der Waals surface area contributed by atoms with E-state index in [1.54, 1.807) is 6.07 Å². The lowest BCUT2D eigenvalue weighted by Gasteiger charge is -2.18. The molecule has 7 heteroatoms. The Morgan fingerprint density at radius 2 is 1.84 bits per heavy atom. The van der Waals surface area contributed by atoms with Crippen LogP contribution in [0.4, 0.5) is 0 Å². The monoisotopic (exact) mass is 381 g/mol. The number of rotatable bonds is 9. The van der Waals surface area contributed by atoms with Crippen LogP contribution in [-0.4, -0.2) is 30.9 Å². The molecule has 136 valence electrons. The summed E-state index contributed by atoms with van der Waals surface area (Å²) in [5.74, 6) is -0.385. The van der Waals surface area contributed by atoms with Crippen LogP contribution in [0, 0.1) is 0 Å². The molecule has 0 bridgehead atoms. The van der Waals surface area contributed by atoms with E-state index in [1.807, 2.05) is 41.8 Å². The van der Waals surface area contributed by atoms with Crippen molar-refractivity contribution in [3.63, 3.8) is 0 Å². The van der Waals surface area contributed by atoms with E-state index in [1.165, 1.54) is 11.3 Å². The number of nitrogens with two attached hydrogens (primary N) is 1. The van der Waals surface area contributed by atoms with Crippen molar-refractivity contribution in [3.8, 4) is 0 Å². The van der Waals surface area contributed by atoms with Crippen LogP contribution in [0.15, 0.2) is 47.8 Å². The van der Waals surface area contributed by atoms with E-state index >= 15 is 0 Å². The van der Waals surface area contributed by atoms with Crippen molar-refractivity contribution in [1.82, 2.24) is 10.6 Å². The second-order valence-corrected chi connectivity index (χ2v) is 6.43. The molecular formula is C18H24ClN3O2S. The first kappa shape index (κ1) is 21.2. The van der Waals surface area contributed by atoms with Gasteiger partial charge in [0.25, 0.3) is 5.91 Å². The quantitative estimate of drug-likeness (QED) is 0.583. The molecule has 0 spiro atoms. The van der Waals surface area contributed by atoms with E-state index in [9.17, 15) is 9.59 Å². The highest BCUT2D eigenvalue weighted by molar-refractivity contribution is 7.12. The Labute approximate surface area is 158 Å². The van der Waals surface area contributed by atoms with Gasteiger partial charge in [0, 0.05) is 13.0 Å². The highest BCUT2D eigenvalue weighted by Gasteiger charge is 2.21. The second-order valence-electron chi connectivity index (χ2n) is 5.48. The molecule has 0 aliphatic heterocycles. The van der Waals surface area contributed by atoms with Crippen LogP contribution in [0.5, 0.6) is 0 Å². The first-order valence-electron chi connectivity index (χ1n) is 8.07. The highest BCUT2D eigenvalue weighted by Crippen LogP contribution is 2.10. The number of amides is 2. The van der Waals surface area contributed by atoms with Gasteiger partial charge in [-0.1, -0.05) is 36.4 Å². The molecular weight excluding hydrogens is 358 g/mol. The van der Waals surface area contributed by atoms with Crippen molar-refractivity contribution in [3.05, 3.63) is 58.3 Å². The minimum atomic E-state index is -0.597. The largest absolute Gasteiger partial charge is 0.354 e. The van der Waals surface area contributed by atoms with Crippen molar-refractivity contribution >= 4 is 35.6 Å². The molecule has 0 radical (unpaired) electrons. The van der Waals surface area contributed by atoms with Crippen LogP contribution in [0.3, 0.4) is 0 Å². The molecule has 1 heterocycles. The van der Waals surface area contributed by atoms with Gasteiger partial charge in [-0.3, -0.25) is 9.59 Å². The zero-order valence-corrected chi connectivity index (χ0v) is 15.6. The molecule has 1 aromatic carbocycles. The smallest absolute Gasteiger partial charge is 0.262 e. The topological polar surface area (TPSA) is 84.2 Å². The van der Waals surface area contributed by atoms with E-state index in [4.69, 9.17) is 5.73 Å². The highest BCUT2D eigenvalue weighted by atomic mass is 35.5.